The summed E-state index contributed by atoms with van der Waals surface area (Å²) in [5, 5.41) is 7.36. The Morgan fingerprint density at radius 1 is 1.23 bits per heavy atom. The lowest BCUT2D eigenvalue weighted by atomic mass is 10.1. The van der Waals surface area contributed by atoms with E-state index in [0.29, 0.717) is 17.9 Å². The molecule has 22 heavy (non-hydrogen) atoms. The van der Waals surface area contributed by atoms with Crippen molar-refractivity contribution < 1.29 is 8.42 Å². The average Bonchev–Trinajstić information content (AvgIpc) is 2.80. The molecule has 2 N–H and O–H groups in total. The molecule has 7 heteroatoms. The normalized spacial score (nSPS) is 11.8. The highest BCUT2D eigenvalue weighted by Gasteiger charge is 2.21. The van der Waals surface area contributed by atoms with Crippen molar-refractivity contribution in [3.63, 3.8) is 0 Å². The summed E-state index contributed by atoms with van der Waals surface area (Å²) in [5.74, 6) is 0. The summed E-state index contributed by atoms with van der Waals surface area (Å²) >= 11 is 6.09. The number of halogens is 1. The van der Waals surface area contributed by atoms with Gasteiger partial charge in [-0.2, -0.15) is 5.10 Å². The molecule has 0 saturated heterocycles. The minimum absolute atomic E-state index is 0.249. The highest BCUT2D eigenvalue weighted by Crippen LogP contribution is 2.18. The summed E-state index contributed by atoms with van der Waals surface area (Å²) in [6.07, 6.45) is 2.46. The van der Waals surface area contributed by atoms with Crippen LogP contribution in [0.5, 0.6) is 0 Å². The van der Waals surface area contributed by atoms with Crippen LogP contribution >= 0.6 is 11.6 Å². The third-order valence-electron chi connectivity index (χ3n) is 3.45. The third kappa shape index (κ3) is 4.09. The second-order valence-corrected chi connectivity index (χ2v) is 7.32. The molecule has 0 saturated carbocycles. The lowest BCUT2D eigenvalue weighted by Crippen LogP contribution is -2.25. The van der Waals surface area contributed by atoms with Gasteiger partial charge in [0.15, 0.2) is 0 Å². The molecule has 0 unspecified atom stereocenters. The first kappa shape index (κ1) is 17.0. The SMILES string of the molecule is Cc1n[nH]c(C)c1S(=O)(=O)NCCCCc1ccccc1Cl. The molecular weight excluding hydrogens is 322 g/mol. The Balaban J connectivity index is 1.83. The van der Waals surface area contributed by atoms with Gasteiger partial charge in [0.1, 0.15) is 4.90 Å². The Bertz CT molecular complexity index is 721. The molecule has 2 rings (SSSR count). The maximum atomic E-state index is 12.2. The lowest BCUT2D eigenvalue weighted by molar-refractivity contribution is 0.575. The minimum Gasteiger partial charge on any atom is -0.281 e. The molecule has 0 aliphatic heterocycles. The molecule has 0 bridgehead atoms. The number of hydrogen-bond acceptors (Lipinski definition) is 3. The first-order chi connectivity index (χ1) is 10.4. The third-order valence-corrected chi connectivity index (χ3v) is 5.54. The van der Waals surface area contributed by atoms with Gasteiger partial charge in [-0.3, -0.25) is 5.10 Å². The molecule has 0 radical (unpaired) electrons. The second-order valence-electron chi connectivity index (χ2n) is 5.21. The van der Waals surface area contributed by atoms with Crippen LogP contribution in [0.3, 0.4) is 0 Å². The molecule has 1 heterocycles. The van der Waals surface area contributed by atoms with Crippen molar-refractivity contribution in [2.24, 2.45) is 0 Å². The van der Waals surface area contributed by atoms with E-state index in [1.165, 1.54) is 0 Å². The summed E-state index contributed by atoms with van der Waals surface area (Å²) in [7, 11) is -3.50. The van der Waals surface area contributed by atoms with Crippen molar-refractivity contribution >= 4 is 21.6 Å². The maximum Gasteiger partial charge on any atom is 0.244 e. The fourth-order valence-electron chi connectivity index (χ4n) is 2.36. The van der Waals surface area contributed by atoms with Crippen molar-refractivity contribution in [2.45, 2.75) is 38.0 Å². The Kier molecular flexibility index (Phi) is 5.61. The van der Waals surface area contributed by atoms with Crippen LogP contribution in [0.4, 0.5) is 0 Å². The number of nitrogens with zero attached hydrogens (tertiary/aromatic N) is 1. The largest absolute Gasteiger partial charge is 0.281 e. The monoisotopic (exact) mass is 341 g/mol. The Morgan fingerprint density at radius 3 is 2.59 bits per heavy atom. The van der Waals surface area contributed by atoms with Crippen LogP contribution in [-0.4, -0.2) is 25.2 Å². The van der Waals surface area contributed by atoms with Gasteiger partial charge in [-0.25, -0.2) is 13.1 Å². The number of benzene rings is 1. The summed E-state index contributed by atoms with van der Waals surface area (Å²) in [5.41, 5.74) is 2.13. The van der Waals surface area contributed by atoms with Crippen LogP contribution in [0.15, 0.2) is 29.2 Å². The van der Waals surface area contributed by atoms with E-state index >= 15 is 0 Å². The minimum atomic E-state index is -3.50. The summed E-state index contributed by atoms with van der Waals surface area (Å²) in [6, 6.07) is 7.71. The van der Waals surface area contributed by atoms with E-state index in [4.69, 9.17) is 11.6 Å². The van der Waals surface area contributed by atoms with Crippen molar-refractivity contribution in [3.8, 4) is 0 Å². The average molecular weight is 342 g/mol. The predicted molar refractivity (Wildman–Crippen MR) is 87.6 cm³/mol. The molecule has 0 spiro atoms. The number of sulfonamides is 1. The standard InChI is InChI=1S/C15H20ClN3O2S/c1-11-15(12(2)19-18-11)22(20,21)17-10-6-5-8-13-7-3-4-9-14(13)16/h3-4,7,9,17H,5-6,8,10H2,1-2H3,(H,18,19). The number of nitrogens with one attached hydrogen (secondary N) is 2. The van der Waals surface area contributed by atoms with E-state index in [2.05, 4.69) is 14.9 Å². The van der Waals surface area contributed by atoms with Crippen LogP contribution in [0, 0.1) is 13.8 Å². The number of hydrogen-bond donors (Lipinski definition) is 2. The van der Waals surface area contributed by atoms with Gasteiger partial charge in [-0.15, -0.1) is 0 Å². The molecule has 2 aromatic rings. The van der Waals surface area contributed by atoms with E-state index in [-0.39, 0.29) is 4.90 Å². The zero-order valence-corrected chi connectivity index (χ0v) is 14.3. The van der Waals surface area contributed by atoms with Gasteiger partial charge >= 0.3 is 0 Å². The molecule has 0 fully saturated rings. The molecule has 0 atom stereocenters. The summed E-state index contributed by atoms with van der Waals surface area (Å²) < 4.78 is 27.1. The first-order valence-corrected chi connectivity index (χ1v) is 9.02. The lowest BCUT2D eigenvalue weighted by Gasteiger charge is -2.07. The Morgan fingerprint density at radius 2 is 1.95 bits per heavy atom. The van der Waals surface area contributed by atoms with E-state index < -0.39 is 10.0 Å². The van der Waals surface area contributed by atoms with E-state index in [0.717, 1.165) is 29.8 Å². The number of aryl methyl sites for hydroxylation is 3. The van der Waals surface area contributed by atoms with Gasteiger partial charge < -0.3 is 0 Å². The van der Waals surface area contributed by atoms with Gasteiger partial charge in [-0.1, -0.05) is 29.8 Å². The molecule has 0 amide bonds. The highest BCUT2D eigenvalue weighted by molar-refractivity contribution is 7.89. The summed E-state index contributed by atoms with van der Waals surface area (Å²) in [6.45, 7) is 3.78. The van der Waals surface area contributed by atoms with Gasteiger partial charge in [-0.05, 0) is 44.7 Å². The van der Waals surface area contributed by atoms with Crippen molar-refractivity contribution in [2.75, 3.05) is 6.54 Å². The van der Waals surface area contributed by atoms with E-state index in [1.807, 2.05) is 24.3 Å². The Hall–Kier alpha value is -1.37. The van der Waals surface area contributed by atoms with Gasteiger partial charge in [0.2, 0.25) is 10.0 Å². The van der Waals surface area contributed by atoms with Crippen LogP contribution in [0.1, 0.15) is 29.8 Å². The predicted octanol–water partition coefficient (Wildman–Crippen LogP) is 2.98. The highest BCUT2D eigenvalue weighted by atomic mass is 35.5. The van der Waals surface area contributed by atoms with Gasteiger partial charge in [0.25, 0.3) is 0 Å². The van der Waals surface area contributed by atoms with Crippen molar-refractivity contribution in [1.29, 1.82) is 0 Å². The molecule has 1 aromatic heterocycles. The fourth-order valence-corrected chi connectivity index (χ4v) is 4.03. The first-order valence-electron chi connectivity index (χ1n) is 7.16. The van der Waals surface area contributed by atoms with Crippen LogP contribution in [-0.2, 0) is 16.4 Å². The number of rotatable bonds is 7. The van der Waals surface area contributed by atoms with Crippen LogP contribution < -0.4 is 4.72 Å². The number of H-pyrrole nitrogens is 1. The van der Waals surface area contributed by atoms with Crippen molar-refractivity contribution in [3.05, 3.63) is 46.2 Å². The number of aromatic amines is 1. The zero-order chi connectivity index (χ0) is 16.2. The molecule has 120 valence electrons. The smallest absolute Gasteiger partial charge is 0.244 e. The number of aromatic nitrogens is 2. The summed E-state index contributed by atoms with van der Waals surface area (Å²) in [4.78, 5) is 0.249. The van der Waals surface area contributed by atoms with Gasteiger partial charge in [0.05, 0.1) is 11.4 Å². The van der Waals surface area contributed by atoms with Crippen LogP contribution in [0.2, 0.25) is 5.02 Å². The fraction of sp³-hybridized carbons (Fsp3) is 0.400. The van der Waals surface area contributed by atoms with E-state index in [9.17, 15) is 8.42 Å². The van der Waals surface area contributed by atoms with Crippen molar-refractivity contribution in [1.82, 2.24) is 14.9 Å². The molecule has 1 aromatic carbocycles. The Labute approximate surface area is 136 Å². The van der Waals surface area contributed by atoms with Gasteiger partial charge in [0, 0.05) is 11.6 Å². The zero-order valence-electron chi connectivity index (χ0n) is 12.7. The number of unbranched alkanes of at least 4 members (excludes halogenated alkanes) is 1. The maximum absolute atomic E-state index is 12.2. The molecule has 0 aliphatic carbocycles. The second kappa shape index (κ2) is 7.26. The topological polar surface area (TPSA) is 74.8 Å². The van der Waals surface area contributed by atoms with Crippen LogP contribution in [0.25, 0.3) is 0 Å². The quantitative estimate of drug-likeness (QED) is 0.760. The molecule has 5 nitrogen and oxygen atoms in total. The molecule has 0 aliphatic rings. The molecular formula is C15H20ClN3O2S. The van der Waals surface area contributed by atoms with E-state index in [1.54, 1.807) is 13.8 Å².